The van der Waals surface area contributed by atoms with Crippen molar-refractivity contribution in [2.45, 2.75) is 12.8 Å². The van der Waals surface area contributed by atoms with E-state index in [0.717, 1.165) is 22.9 Å². The van der Waals surface area contributed by atoms with Crippen LogP contribution in [0.3, 0.4) is 0 Å². The molecule has 170 valence electrons. The number of carbonyl (C=O) groups is 1. The monoisotopic (exact) mass is 487 g/mol. The number of fused-ring (bicyclic) bond motifs is 1. The third kappa shape index (κ3) is 4.21. The number of amides is 1. The second-order valence-corrected chi connectivity index (χ2v) is 8.06. The highest BCUT2D eigenvalue weighted by Crippen LogP contribution is 2.47. The number of hydrogen-bond acceptors (Lipinski definition) is 4. The van der Waals surface area contributed by atoms with Crippen molar-refractivity contribution in [1.29, 1.82) is 0 Å². The average molecular weight is 488 g/mol. The Kier molecular flexibility index (Phi) is 6.44. The van der Waals surface area contributed by atoms with Crippen molar-refractivity contribution in [2.24, 2.45) is 0 Å². The van der Waals surface area contributed by atoms with E-state index in [4.69, 9.17) is 32.7 Å². The molecule has 33 heavy (non-hydrogen) atoms. The van der Waals surface area contributed by atoms with Crippen molar-refractivity contribution >= 4 is 46.4 Å². The van der Waals surface area contributed by atoms with Crippen LogP contribution in [0, 0.1) is 5.82 Å². The molecule has 0 bridgehead atoms. The van der Waals surface area contributed by atoms with Crippen molar-refractivity contribution in [3.05, 3.63) is 69.6 Å². The number of benzene rings is 2. The summed E-state index contributed by atoms with van der Waals surface area (Å²) < 4.78 is 24.6. The Morgan fingerprint density at radius 3 is 2.52 bits per heavy atom. The first kappa shape index (κ1) is 22.9. The van der Waals surface area contributed by atoms with Crippen molar-refractivity contribution in [2.75, 3.05) is 19.5 Å². The van der Waals surface area contributed by atoms with Crippen molar-refractivity contribution < 1.29 is 18.7 Å². The number of methoxy groups -OCH3 is 2. The predicted molar refractivity (Wildman–Crippen MR) is 129 cm³/mol. The van der Waals surface area contributed by atoms with Gasteiger partial charge in [0.2, 0.25) is 5.91 Å². The Morgan fingerprint density at radius 2 is 1.88 bits per heavy atom. The summed E-state index contributed by atoms with van der Waals surface area (Å²) in [6.07, 6.45) is 4.28. The summed E-state index contributed by atoms with van der Waals surface area (Å²) in [5.41, 5.74) is 4.76. The second-order valence-electron chi connectivity index (χ2n) is 7.30. The zero-order valence-electron chi connectivity index (χ0n) is 17.9. The first-order valence-electron chi connectivity index (χ1n) is 9.99. The lowest BCUT2D eigenvalue weighted by atomic mass is 9.89. The summed E-state index contributed by atoms with van der Waals surface area (Å²) in [5.74, 6) is 0.00306. The smallest absolute Gasteiger partial charge is 0.247 e. The molecule has 0 radical (unpaired) electrons. The molecule has 0 saturated heterocycles. The fourth-order valence-corrected chi connectivity index (χ4v) is 4.60. The number of carbonyl (C=O) groups excluding carboxylic acids is 1. The van der Waals surface area contributed by atoms with Crippen molar-refractivity contribution in [1.82, 2.24) is 10.2 Å². The quantitative estimate of drug-likeness (QED) is 0.408. The molecule has 0 aliphatic heterocycles. The van der Waals surface area contributed by atoms with Gasteiger partial charge in [0.05, 0.1) is 41.3 Å². The third-order valence-corrected chi connectivity index (χ3v) is 6.19. The molecule has 9 heteroatoms. The van der Waals surface area contributed by atoms with E-state index in [0.29, 0.717) is 56.9 Å². The Labute approximate surface area is 200 Å². The number of halogens is 3. The molecular weight excluding hydrogens is 468 g/mol. The third-order valence-electron chi connectivity index (χ3n) is 5.44. The van der Waals surface area contributed by atoms with Gasteiger partial charge in [-0.2, -0.15) is 5.10 Å². The van der Waals surface area contributed by atoms with Crippen LogP contribution in [0.4, 0.5) is 10.1 Å². The Balaban J connectivity index is 1.80. The van der Waals surface area contributed by atoms with Crippen molar-refractivity contribution in [3.63, 3.8) is 0 Å². The molecule has 2 aromatic carbocycles. The zero-order valence-corrected chi connectivity index (χ0v) is 19.4. The molecule has 0 fully saturated rings. The number of allylic oxidation sites excluding steroid dienone is 1. The molecule has 6 nitrogen and oxygen atoms in total. The lowest BCUT2D eigenvalue weighted by Gasteiger charge is -2.20. The number of ether oxygens (including phenoxy) is 2. The van der Waals surface area contributed by atoms with Gasteiger partial charge in [-0.25, -0.2) is 4.39 Å². The fraction of sp³-hybridized carbons (Fsp3) is 0.167. The van der Waals surface area contributed by atoms with Gasteiger partial charge in [-0.1, -0.05) is 29.8 Å². The topological polar surface area (TPSA) is 76.2 Å². The lowest BCUT2D eigenvalue weighted by molar-refractivity contribution is -0.111. The van der Waals surface area contributed by atoms with Gasteiger partial charge in [-0.15, -0.1) is 0 Å². The van der Waals surface area contributed by atoms with Gasteiger partial charge in [0, 0.05) is 22.8 Å². The maximum Gasteiger partial charge on any atom is 0.247 e. The minimum atomic E-state index is -0.471. The minimum absolute atomic E-state index is 0.313. The van der Waals surface area contributed by atoms with E-state index >= 15 is 0 Å². The molecule has 2 N–H and O–H groups in total. The predicted octanol–water partition coefficient (Wildman–Crippen LogP) is 6.15. The van der Waals surface area contributed by atoms with Crippen molar-refractivity contribution in [3.8, 4) is 22.8 Å². The Bertz CT molecular complexity index is 1270. The van der Waals surface area contributed by atoms with Gasteiger partial charge in [0.1, 0.15) is 17.3 Å². The highest BCUT2D eigenvalue weighted by molar-refractivity contribution is 6.39. The van der Waals surface area contributed by atoms with Crippen LogP contribution in [0.25, 0.3) is 22.9 Å². The fourth-order valence-electron chi connectivity index (χ4n) is 3.85. The van der Waals surface area contributed by atoms with Crippen LogP contribution in [-0.2, 0) is 11.2 Å². The number of anilines is 1. The summed E-state index contributed by atoms with van der Waals surface area (Å²) in [4.78, 5) is 11.8. The number of H-pyrrole nitrogens is 1. The summed E-state index contributed by atoms with van der Waals surface area (Å²) >= 11 is 13.2. The normalized spacial score (nSPS) is 12.6. The molecule has 1 aromatic heterocycles. The average Bonchev–Trinajstić information content (AvgIpc) is 3.22. The zero-order chi connectivity index (χ0) is 23.7. The molecule has 0 atom stereocenters. The van der Waals surface area contributed by atoms with Gasteiger partial charge >= 0.3 is 0 Å². The SMILES string of the molecule is C=CC(=O)Nc1cc(F)ccc1-c1n[nH]c2c1CCC(c1c(Cl)c(OC)cc(OC)c1Cl)=C2. The highest BCUT2D eigenvalue weighted by Gasteiger charge is 2.26. The highest BCUT2D eigenvalue weighted by atomic mass is 35.5. The Morgan fingerprint density at radius 1 is 1.18 bits per heavy atom. The van der Waals surface area contributed by atoms with E-state index in [1.54, 1.807) is 12.1 Å². The Hall–Kier alpha value is -3.29. The molecule has 0 spiro atoms. The van der Waals surface area contributed by atoms with Gasteiger partial charge in [-0.3, -0.25) is 9.89 Å². The van der Waals surface area contributed by atoms with E-state index in [1.807, 2.05) is 6.08 Å². The number of nitrogens with zero attached hydrogens (tertiary/aromatic N) is 1. The molecule has 1 aliphatic rings. The minimum Gasteiger partial charge on any atom is -0.495 e. The van der Waals surface area contributed by atoms with E-state index in [-0.39, 0.29) is 0 Å². The lowest BCUT2D eigenvalue weighted by Crippen LogP contribution is -2.09. The first-order valence-corrected chi connectivity index (χ1v) is 10.7. The molecule has 1 aliphatic carbocycles. The van der Waals surface area contributed by atoms with Crippen LogP contribution in [0.15, 0.2) is 36.9 Å². The van der Waals surface area contributed by atoms with Crippen LogP contribution in [0.5, 0.6) is 11.5 Å². The van der Waals surface area contributed by atoms with E-state index in [2.05, 4.69) is 22.1 Å². The summed E-state index contributed by atoms with van der Waals surface area (Å²) in [7, 11) is 3.05. The van der Waals surface area contributed by atoms with Gasteiger partial charge in [0.25, 0.3) is 0 Å². The van der Waals surface area contributed by atoms with Gasteiger partial charge in [-0.05, 0) is 48.8 Å². The van der Waals surface area contributed by atoms with E-state index in [9.17, 15) is 9.18 Å². The van der Waals surface area contributed by atoms with Gasteiger partial charge < -0.3 is 14.8 Å². The van der Waals surface area contributed by atoms with Crippen LogP contribution in [0.2, 0.25) is 10.0 Å². The van der Waals surface area contributed by atoms with Crippen LogP contribution in [0.1, 0.15) is 23.2 Å². The summed E-state index contributed by atoms with van der Waals surface area (Å²) in [5, 5.41) is 10.9. The number of nitrogens with one attached hydrogen (secondary N) is 2. The van der Waals surface area contributed by atoms with Gasteiger partial charge in [0.15, 0.2) is 0 Å². The molecule has 0 unspecified atom stereocenters. The maximum absolute atomic E-state index is 13.9. The molecular formula is C24H20Cl2FN3O3. The molecule has 0 saturated carbocycles. The van der Waals surface area contributed by atoms with E-state index in [1.165, 1.54) is 26.4 Å². The maximum atomic E-state index is 13.9. The number of hydrogen-bond donors (Lipinski definition) is 2. The molecule has 1 heterocycles. The number of aromatic amines is 1. The first-order chi connectivity index (χ1) is 15.9. The second kappa shape index (κ2) is 9.29. The molecule has 1 amide bonds. The van der Waals surface area contributed by atoms with Crippen LogP contribution in [-0.4, -0.2) is 30.3 Å². The molecule has 4 rings (SSSR count). The van der Waals surface area contributed by atoms with Crippen LogP contribution < -0.4 is 14.8 Å². The number of aromatic nitrogens is 2. The summed E-state index contributed by atoms with van der Waals surface area (Å²) in [6.45, 7) is 3.44. The molecule has 3 aromatic rings. The summed E-state index contributed by atoms with van der Waals surface area (Å²) in [6, 6.07) is 5.81. The number of rotatable bonds is 6. The van der Waals surface area contributed by atoms with Crippen LogP contribution >= 0.6 is 23.2 Å². The standard InChI is InChI=1S/C24H20Cl2FN3O3/c1-4-20(31)28-16-10-13(27)6-8-14(16)24-15-7-5-12(9-17(15)29-30-24)21-22(25)18(32-2)11-19(33-3)23(21)26/h4,6,8-11H,1,5,7H2,2-3H3,(H,28,31)(H,29,30). The largest absolute Gasteiger partial charge is 0.495 e. The van der Waals surface area contributed by atoms with E-state index < -0.39 is 11.7 Å².